The van der Waals surface area contributed by atoms with Crippen molar-refractivity contribution in [1.82, 2.24) is 9.62 Å². The molecule has 0 saturated heterocycles. The number of rotatable bonds is 7. The first-order valence-corrected chi connectivity index (χ1v) is 9.79. The molecule has 0 aliphatic heterocycles. The number of anilines is 1. The predicted molar refractivity (Wildman–Crippen MR) is 100 cm³/mol. The van der Waals surface area contributed by atoms with Gasteiger partial charge in [-0.15, -0.1) is 0 Å². The van der Waals surface area contributed by atoms with Crippen LogP contribution < -0.4 is 10.6 Å². The molecule has 0 heterocycles. The minimum absolute atomic E-state index is 0.262. The average molecular weight is 358 g/mol. The summed E-state index contributed by atoms with van der Waals surface area (Å²) in [6.45, 7) is 10.6. The highest BCUT2D eigenvalue weighted by Crippen LogP contribution is 2.23. The third-order valence-electron chi connectivity index (χ3n) is 3.79. The van der Waals surface area contributed by atoms with Crippen molar-refractivity contribution in [1.29, 1.82) is 0 Å². The second kappa shape index (κ2) is 8.61. The molecule has 0 aliphatic carbocycles. The van der Waals surface area contributed by atoms with Gasteiger partial charge in [-0.05, 0) is 50.2 Å². The van der Waals surface area contributed by atoms with Crippen LogP contribution in [-0.4, -0.2) is 37.0 Å². The Hall–Kier alpha value is -1.18. The molecule has 1 aromatic carbocycles. The fraction of sp³-hybridized carbons (Fsp3) is 0.562. The first kappa shape index (κ1) is 19.9. The first-order valence-electron chi connectivity index (χ1n) is 7.94. The zero-order valence-corrected chi connectivity index (χ0v) is 16.1. The number of nitrogens with zero attached hydrogens (tertiary/aromatic N) is 1. The van der Waals surface area contributed by atoms with E-state index in [0.29, 0.717) is 23.9 Å². The Labute approximate surface area is 145 Å². The van der Waals surface area contributed by atoms with Gasteiger partial charge in [-0.2, -0.15) is 4.31 Å². The predicted octanol–water partition coefficient (Wildman–Crippen LogP) is 3.11. The molecular formula is C16H27N3O2S2. The molecule has 23 heavy (non-hydrogen) atoms. The highest BCUT2D eigenvalue weighted by Gasteiger charge is 2.22. The van der Waals surface area contributed by atoms with E-state index in [2.05, 4.69) is 17.6 Å². The smallest absolute Gasteiger partial charge is 0.243 e. The van der Waals surface area contributed by atoms with Gasteiger partial charge < -0.3 is 10.6 Å². The lowest BCUT2D eigenvalue weighted by Crippen LogP contribution is -2.35. The van der Waals surface area contributed by atoms with Gasteiger partial charge in [-0.3, -0.25) is 0 Å². The molecule has 1 rings (SSSR count). The summed E-state index contributed by atoms with van der Waals surface area (Å²) in [7, 11) is -3.47. The summed E-state index contributed by atoms with van der Waals surface area (Å²) >= 11 is 5.29. The van der Waals surface area contributed by atoms with Crippen LogP contribution in [0.15, 0.2) is 23.1 Å². The van der Waals surface area contributed by atoms with Crippen LogP contribution in [0.1, 0.15) is 39.7 Å². The van der Waals surface area contributed by atoms with Crippen molar-refractivity contribution in [2.75, 3.05) is 18.4 Å². The van der Waals surface area contributed by atoms with E-state index in [1.54, 1.807) is 18.2 Å². The van der Waals surface area contributed by atoms with Crippen molar-refractivity contribution in [3.63, 3.8) is 0 Å². The summed E-state index contributed by atoms with van der Waals surface area (Å²) in [5.74, 6) is 0. The molecule has 0 bridgehead atoms. The quantitative estimate of drug-likeness (QED) is 0.734. The number of aryl methyl sites for hydroxylation is 1. The van der Waals surface area contributed by atoms with Crippen LogP contribution in [0.5, 0.6) is 0 Å². The molecule has 0 amide bonds. The van der Waals surface area contributed by atoms with Crippen LogP contribution in [0.3, 0.4) is 0 Å². The summed E-state index contributed by atoms with van der Waals surface area (Å²) in [5.41, 5.74) is 1.65. The van der Waals surface area contributed by atoms with Crippen LogP contribution >= 0.6 is 12.2 Å². The fourth-order valence-electron chi connectivity index (χ4n) is 2.09. The molecule has 0 saturated carbocycles. The van der Waals surface area contributed by atoms with Crippen LogP contribution in [0.25, 0.3) is 0 Å². The summed E-state index contributed by atoms with van der Waals surface area (Å²) in [6, 6.07) is 5.34. The molecule has 1 aromatic rings. The van der Waals surface area contributed by atoms with Crippen molar-refractivity contribution in [2.45, 2.75) is 52.0 Å². The molecular weight excluding hydrogens is 330 g/mol. The van der Waals surface area contributed by atoms with Gasteiger partial charge in [0.25, 0.3) is 0 Å². The molecule has 1 atom stereocenters. The third-order valence-corrected chi connectivity index (χ3v) is 6.06. The Kier molecular flexibility index (Phi) is 7.44. The van der Waals surface area contributed by atoms with Crippen molar-refractivity contribution in [3.8, 4) is 0 Å². The molecule has 0 radical (unpaired) electrons. The highest BCUT2D eigenvalue weighted by molar-refractivity contribution is 7.89. The molecule has 5 nitrogen and oxygen atoms in total. The van der Waals surface area contributed by atoms with E-state index < -0.39 is 10.0 Å². The number of benzene rings is 1. The number of nitrogens with one attached hydrogen (secondary N) is 2. The SMILES string of the molecule is CCC(C)NC(=S)Nc1cc(S(=O)(=O)N(CC)CC)ccc1C. The largest absolute Gasteiger partial charge is 0.360 e. The Bertz CT molecular complexity index is 641. The fourth-order valence-corrected chi connectivity index (χ4v) is 3.89. The van der Waals surface area contributed by atoms with Gasteiger partial charge in [0.2, 0.25) is 10.0 Å². The maximum Gasteiger partial charge on any atom is 0.243 e. The molecule has 0 fully saturated rings. The summed E-state index contributed by atoms with van der Waals surface area (Å²) in [6.07, 6.45) is 0.956. The number of hydrogen-bond donors (Lipinski definition) is 2. The van der Waals surface area contributed by atoms with Crippen LogP contribution in [-0.2, 0) is 10.0 Å². The summed E-state index contributed by atoms with van der Waals surface area (Å²) in [4.78, 5) is 0.278. The zero-order chi connectivity index (χ0) is 17.6. The molecule has 1 unspecified atom stereocenters. The van der Waals surface area contributed by atoms with Crippen molar-refractivity contribution in [3.05, 3.63) is 23.8 Å². The van der Waals surface area contributed by atoms with Gasteiger partial charge >= 0.3 is 0 Å². The normalized spacial score (nSPS) is 13.0. The Morgan fingerprint density at radius 2 is 1.87 bits per heavy atom. The van der Waals surface area contributed by atoms with E-state index in [4.69, 9.17) is 12.2 Å². The maximum absolute atomic E-state index is 12.6. The lowest BCUT2D eigenvalue weighted by atomic mass is 10.2. The highest BCUT2D eigenvalue weighted by atomic mass is 32.2. The van der Waals surface area contributed by atoms with E-state index in [-0.39, 0.29) is 10.9 Å². The average Bonchev–Trinajstić information content (AvgIpc) is 2.50. The minimum atomic E-state index is -3.47. The topological polar surface area (TPSA) is 61.4 Å². The second-order valence-electron chi connectivity index (χ2n) is 5.47. The third kappa shape index (κ3) is 5.16. The first-order chi connectivity index (χ1) is 10.8. The summed E-state index contributed by atoms with van der Waals surface area (Å²) in [5, 5.41) is 6.77. The number of sulfonamides is 1. The zero-order valence-electron chi connectivity index (χ0n) is 14.5. The van der Waals surface area contributed by atoms with E-state index in [1.165, 1.54) is 4.31 Å². The van der Waals surface area contributed by atoms with Crippen molar-refractivity contribution in [2.24, 2.45) is 0 Å². The standard InChI is InChI=1S/C16H27N3O2S2/c1-6-13(5)17-16(22)18-15-11-14(10-9-12(15)4)23(20,21)19(7-2)8-3/h9-11,13H,6-8H2,1-5H3,(H2,17,18,22). The van der Waals surface area contributed by atoms with E-state index in [0.717, 1.165) is 12.0 Å². The monoisotopic (exact) mass is 357 g/mol. The Morgan fingerprint density at radius 3 is 2.39 bits per heavy atom. The van der Waals surface area contributed by atoms with Crippen LogP contribution in [0, 0.1) is 6.92 Å². The van der Waals surface area contributed by atoms with Crippen LogP contribution in [0.2, 0.25) is 0 Å². The Morgan fingerprint density at radius 1 is 1.26 bits per heavy atom. The van der Waals surface area contributed by atoms with Gasteiger partial charge in [-0.1, -0.05) is 26.8 Å². The van der Waals surface area contributed by atoms with Crippen molar-refractivity contribution >= 4 is 33.0 Å². The second-order valence-corrected chi connectivity index (χ2v) is 7.82. The molecule has 2 N–H and O–H groups in total. The van der Waals surface area contributed by atoms with Gasteiger partial charge in [0.15, 0.2) is 5.11 Å². The molecule has 7 heteroatoms. The van der Waals surface area contributed by atoms with E-state index >= 15 is 0 Å². The molecule has 0 aromatic heterocycles. The van der Waals surface area contributed by atoms with Gasteiger partial charge in [-0.25, -0.2) is 8.42 Å². The minimum Gasteiger partial charge on any atom is -0.360 e. The lowest BCUT2D eigenvalue weighted by molar-refractivity contribution is 0.445. The lowest BCUT2D eigenvalue weighted by Gasteiger charge is -2.20. The van der Waals surface area contributed by atoms with Crippen LogP contribution in [0.4, 0.5) is 5.69 Å². The summed E-state index contributed by atoms with van der Waals surface area (Å²) < 4.78 is 26.7. The number of hydrogen-bond acceptors (Lipinski definition) is 3. The van der Waals surface area contributed by atoms with Crippen molar-refractivity contribution < 1.29 is 8.42 Å². The van der Waals surface area contributed by atoms with Gasteiger partial charge in [0, 0.05) is 24.8 Å². The van der Waals surface area contributed by atoms with E-state index in [9.17, 15) is 8.42 Å². The molecule has 0 spiro atoms. The van der Waals surface area contributed by atoms with E-state index in [1.807, 2.05) is 27.7 Å². The maximum atomic E-state index is 12.6. The van der Waals surface area contributed by atoms with Gasteiger partial charge in [0.1, 0.15) is 0 Å². The molecule has 0 aliphatic rings. The Balaban J connectivity index is 3.07. The number of thiocarbonyl (C=S) groups is 1. The van der Waals surface area contributed by atoms with Gasteiger partial charge in [0.05, 0.1) is 4.90 Å². The molecule has 130 valence electrons.